The highest BCUT2D eigenvalue weighted by atomic mass is 79.9. The van der Waals surface area contributed by atoms with E-state index in [1.807, 2.05) is 26.8 Å². The maximum atomic E-state index is 13.0. The molecular formula is C21H24BrN3O5S. The molecular weight excluding hydrogens is 486 g/mol. The van der Waals surface area contributed by atoms with Crippen LogP contribution in [0.4, 0.5) is 5.69 Å². The number of benzene rings is 2. The van der Waals surface area contributed by atoms with E-state index in [0.29, 0.717) is 17.6 Å². The van der Waals surface area contributed by atoms with Gasteiger partial charge in [-0.1, -0.05) is 29.8 Å². The summed E-state index contributed by atoms with van der Waals surface area (Å²) >= 11 is 3.41. The van der Waals surface area contributed by atoms with Crippen LogP contribution in [0.3, 0.4) is 0 Å². The zero-order chi connectivity index (χ0) is 22.9. The van der Waals surface area contributed by atoms with Crippen molar-refractivity contribution in [3.8, 4) is 0 Å². The Morgan fingerprint density at radius 1 is 1.19 bits per heavy atom. The fourth-order valence-electron chi connectivity index (χ4n) is 3.17. The Bertz CT molecular complexity index is 1290. The summed E-state index contributed by atoms with van der Waals surface area (Å²) in [5.41, 5.74) is 2.15. The van der Waals surface area contributed by atoms with Gasteiger partial charge in [0.05, 0.1) is 10.4 Å². The topological polar surface area (TPSA) is 110 Å². The molecule has 3 rings (SSSR count). The van der Waals surface area contributed by atoms with Gasteiger partial charge in [-0.2, -0.15) is 4.72 Å². The van der Waals surface area contributed by atoms with Crippen molar-refractivity contribution in [2.75, 3.05) is 5.32 Å². The summed E-state index contributed by atoms with van der Waals surface area (Å²) in [6.07, 6.45) is 0.309. The maximum absolute atomic E-state index is 13.0. The highest BCUT2D eigenvalue weighted by Gasteiger charge is 2.27. The van der Waals surface area contributed by atoms with E-state index in [4.69, 9.17) is 4.42 Å². The minimum atomic E-state index is -4.04. The zero-order valence-corrected chi connectivity index (χ0v) is 20.0. The Hall–Kier alpha value is -2.43. The summed E-state index contributed by atoms with van der Waals surface area (Å²) < 4.78 is 35.8. The molecule has 0 bridgehead atoms. The second-order valence-electron chi connectivity index (χ2n) is 7.81. The van der Waals surface area contributed by atoms with Crippen molar-refractivity contribution < 1.29 is 17.6 Å². The number of carbonyl (C=O) groups is 1. The number of fused-ring (bicyclic) bond motifs is 1. The van der Waals surface area contributed by atoms with Crippen LogP contribution >= 0.6 is 15.9 Å². The van der Waals surface area contributed by atoms with Gasteiger partial charge in [-0.3, -0.25) is 9.36 Å². The fraction of sp³-hybridized carbons (Fsp3) is 0.333. The average Bonchev–Trinajstić information content (AvgIpc) is 2.97. The van der Waals surface area contributed by atoms with Gasteiger partial charge in [0.15, 0.2) is 5.58 Å². The summed E-state index contributed by atoms with van der Waals surface area (Å²) in [5, 5.41) is 2.78. The molecule has 31 heavy (non-hydrogen) atoms. The number of rotatable bonds is 7. The van der Waals surface area contributed by atoms with Crippen molar-refractivity contribution in [1.29, 1.82) is 0 Å². The molecule has 166 valence electrons. The predicted octanol–water partition coefficient (Wildman–Crippen LogP) is 3.53. The molecule has 8 nitrogen and oxygen atoms in total. The molecule has 1 atom stereocenters. The van der Waals surface area contributed by atoms with E-state index in [9.17, 15) is 18.0 Å². The molecule has 0 aliphatic carbocycles. The number of aromatic nitrogens is 1. The van der Waals surface area contributed by atoms with Crippen molar-refractivity contribution in [2.45, 2.75) is 38.1 Å². The number of carbonyl (C=O) groups excluding carboxylic acids is 1. The van der Waals surface area contributed by atoms with Crippen molar-refractivity contribution >= 4 is 48.6 Å². The molecule has 1 amide bonds. The Morgan fingerprint density at radius 2 is 1.90 bits per heavy atom. The lowest BCUT2D eigenvalue weighted by Gasteiger charge is -2.20. The van der Waals surface area contributed by atoms with E-state index in [-0.39, 0.29) is 16.4 Å². The Balaban J connectivity index is 1.87. The highest BCUT2D eigenvalue weighted by molar-refractivity contribution is 9.10. The molecule has 0 spiro atoms. The van der Waals surface area contributed by atoms with Crippen LogP contribution in [-0.2, 0) is 21.9 Å². The fourth-order valence-corrected chi connectivity index (χ4v) is 4.64. The van der Waals surface area contributed by atoms with Gasteiger partial charge in [-0.05, 0) is 55.2 Å². The molecule has 0 aliphatic rings. The number of halogens is 1. The normalized spacial score (nSPS) is 13.0. The van der Waals surface area contributed by atoms with E-state index >= 15 is 0 Å². The molecule has 10 heteroatoms. The van der Waals surface area contributed by atoms with Gasteiger partial charge < -0.3 is 9.73 Å². The molecule has 0 saturated carbocycles. The minimum absolute atomic E-state index is 0.0692. The van der Waals surface area contributed by atoms with Crippen LogP contribution in [0.1, 0.15) is 25.8 Å². The van der Waals surface area contributed by atoms with Gasteiger partial charge in [-0.25, -0.2) is 13.2 Å². The first-order valence-corrected chi connectivity index (χ1v) is 11.9. The summed E-state index contributed by atoms with van der Waals surface area (Å²) in [4.78, 5) is 24.5. The Morgan fingerprint density at radius 3 is 2.55 bits per heavy atom. The molecule has 0 aliphatic heterocycles. The number of oxazole rings is 1. The highest BCUT2D eigenvalue weighted by Crippen LogP contribution is 2.22. The van der Waals surface area contributed by atoms with E-state index in [0.717, 1.165) is 10.0 Å². The molecule has 0 radical (unpaired) electrons. The van der Waals surface area contributed by atoms with Gasteiger partial charge in [0.2, 0.25) is 15.9 Å². The first-order chi connectivity index (χ1) is 14.5. The minimum Gasteiger partial charge on any atom is -0.408 e. The Kier molecular flexibility index (Phi) is 6.73. The van der Waals surface area contributed by atoms with E-state index in [1.54, 1.807) is 12.1 Å². The first-order valence-electron chi connectivity index (χ1n) is 9.67. The van der Waals surface area contributed by atoms with Crippen molar-refractivity contribution in [3.63, 3.8) is 0 Å². The van der Waals surface area contributed by atoms with Crippen LogP contribution < -0.4 is 15.8 Å². The monoisotopic (exact) mass is 509 g/mol. The van der Waals surface area contributed by atoms with E-state index < -0.39 is 27.7 Å². The third-order valence-corrected chi connectivity index (χ3v) is 7.18. The Labute approximate surface area is 188 Å². The van der Waals surface area contributed by atoms with E-state index in [1.165, 1.54) is 29.8 Å². The van der Waals surface area contributed by atoms with Gasteiger partial charge in [0.25, 0.3) is 0 Å². The van der Waals surface area contributed by atoms with E-state index in [2.05, 4.69) is 26.0 Å². The number of hydrogen-bond donors (Lipinski definition) is 2. The molecule has 0 saturated heterocycles. The summed E-state index contributed by atoms with van der Waals surface area (Å²) in [7, 11) is -2.51. The second kappa shape index (κ2) is 8.97. The molecule has 2 N–H and O–H groups in total. The number of nitrogens with one attached hydrogen (secondary N) is 2. The lowest BCUT2D eigenvalue weighted by molar-refractivity contribution is -0.118. The molecule has 0 unspecified atom stereocenters. The quantitative estimate of drug-likeness (QED) is 0.506. The molecule has 0 fully saturated rings. The van der Waals surface area contributed by atoms with Gasteiger partial charge in [0, 0.05) is 23.3 Å². The van der Waals surface area contributed by atoms with Crippen LogP contribution in [0.2, 0.25) is 0 Å². The molecule has 2 aromatic carbocycles. The smallest absolute Gasteiger partial charge is 0.408 e. The van der Waals surface area contributed by atoms with Crippen LogP contribution in [-0.4, -0.2) is 24.9 Å². The van der Waals surface area contributed by atoms with Crippen LogP contribution in [0.5, 0.6) is 0 Å². The number of sulfonamides is 1. The SMILES string of the molecule is Cc1cc(NC(=O)[C@H](CC(C)C)NS(=O)(=O)c2ccc3c(c2)oc(=O)n3C)ccc1Br. The summed E-state index contributed by atoms with van der Waals surface area (Å²) in [6.45, 7) is 5.71. The number of hydrogen-bond acceptors (Lipinski definition) is 5. The average molecular weight is 510 g/mol. The number of nitrogens with zero attached hydrogens (tertiary/aromatic N) is 1. The third-order valence-electron chi connectivity index (χ3n) is 4.82. The summed E-state index contributed by atoms with van der Waals surface area (Å²) in [5.74, 6) is -0.967. The number of aryl methyl sites for hydroxylation is 2. The van der Waals surface area contributed by atoms with Gasteiger partial charge >= 0.3 is 5.76 Å². The van der Waals surface area contributed by atoms with Crippen molar-refractivity contribution in [3.05, 3.63) is 57.0 Å². The van der Waals surface area contributed by atoms with Crippen molar-refractivity contribution in [1.82, 2.24) is 9.29 Å². The van der Waals surface area contributed by atoms with Gasteiger partial charge in [0.1, 0.15) is 6.04 Å². The largest absolute Gasteiger partial charge is 0.419 e. The zero-order valence-electron chi connectivity index (χ0n) is 17.6. The first kappa shape index (κ1) is 23.2. The third kappa shape index (κ3) is 5.25. The lowest BCUT2D eigenvalue weighted by atomic mass is 10.0. The summed E-state index contributed by atoms with van der Waals surface area (Å²) in [6, 6.07) is 8.53. The predicted molar refractivity (Wildman–Crippen MR) is 123 cm³/mol. The number of amides is 1. The number of anilines is 1. The molecule has 1 heterocycles. The van der Waals surface area contributed by atoms with Crippen LogP contribution in [0, 0.1) is 12.8 Å². The van der Waals surface area contributed by atoms with Crippen molar-refractivity contribution in [2.24, 2.45) is 13.0 Å². The second-order valence-corrected chi connectivity index (χ2v) is 10.4. The maximum Gasteiger partial charge on any atom is 0.419 e. The lowest BCUT2D eigenvalue weighted by Crippen LogP contribution is -2.44. The standard InChI is InChI=1S/C21H24BrN3O5S/c1-12(2)9-17(20(26)23-14-5-7-16(22)13(3)10-14)24-31(28,29)15-6-8-18-19(11-15)30-21(27)25(18)4/h5-8,10-12,17,24H,9H2,1-4H3,(H,23,26)/t17-/m0/s1. The molecule has 3 aromatic rings. The molecule has 1 aromatic heterocycles. The van der Waals surface area contributed by atoms with Crippen LogP contribution in [0.15, 0.2) is 55.0 Å². The van der Waals surface area contributed by atoms with Crippen LogP contribution in [0.25, 0.3) is 11.1 Å². The van der Waals surface area contributed by atoms with Gasteiger partial charge in [-0.15, -0.1) is 0 Å².